The summed E-state index contributed by atoms with van der Waals surface area (Å²) in [5.74, 6) is 1.19. The van der Waals surface area contributed by atoms with Crippen molar-refractivity contribution in [1.29, 1.82) is 0 Å². The summed E-state index contributed by atoms with van der Waals surface area (Å²) in [5, 5.41) is 5.88. The highest BCUT2D eigenvalue weighted by Crippen LogP contribution is 2.21. The van der Waals surface area contributed by atoms with E-state index >= 15 is 0 Å². The van der Waals surface area contributed by atoms with Gasteiger partial charge in [-0.2, -0.15) is 5.10 Å². The third kappa shape index (κ3) is 4.61. The first-order chi connectivity index (χ1) is 10.2. The third-order valence-electron chi connectivity index (χ3n) is 2.69. The van der Waals surface area contributed by atoms with E-state index in [9.17, 15) is 4.79 Å². The second-order valence-electron chi connectivity index (χ2n) is 4.20. The SMILES string of the molecule is COc1cc(/C=N/NC(=O)Cc2cccs2)cc(OC)c1. The number of nitrogens with one attached hydrogen (secondary N) is 1. The molecule has 2 aromatic rings. The van der Waals surface area contributed by atoms with Crippen LogP contribution in [0.3, 0.4) is 0 Å². The third-order valence-corrected chi connectivity index (χ3v) is 3.57. The van der Waals surface area contributed by atoms with E-state index in [-0.39, 0.29) is 5.91 Å². The molecule has 21 heavy (non-hydrogen) atoms. The fraction of sp³-hybridized carbons (Fsp3) is 0.200. The molecule has 0 aliphatic carbocycles. The molecule has 1 aromatic carbocycles. The van der Waals surface area contributed by atoms with Crippen molar-refractivity contribution in [3.05, 3.63) is 46.2 Å². The number of rotatable bonds is 6. The molecule has 0 fully saturated rings. The molecule has 0 aliphatic heterocycles. The van der Waals surface area contributed by atoms with Crippen molar-refractivity contribution in [3.8, 4) is 11.5 Å². The number of benzene rings is 1. The molecule has 6 heteroatoms. The fourth-order valence-electron chi connectivity index (χ4n) is 1.69. The number of carbonyl (C=O) groups is 1. The average molecular weight is 304 g/mol. The van der Waals surface area contributed by atoms with Crippen LogP contribution in [0.25, 0.3) is 0 Å². The summed E-state index contributed by atoms with van der Waals surface area (Å²) < 4.78 is 10.3. The van der Waals surface area contributed by atoms with Crippen molar-refractivity contribution in [2.75, 3.05) is 14.2 Å². The van der Waals surface area contributed by atoms with Gasteiger partial charge in [-0.3, -0.25) is 4.79 Å². The molecular formula is C15H16N2O3S. The number of methoxy groups -OCH3 is 2. The molecule has 1 amide bonds. The Morgan fingerprint density at radius 3 is 2.57 bits per heavy atom. The monoisotopic (exact) mass is 304 g/mol. The molecule has 0 saturated carbocycles. The van der Waals surface area contributed by atoms with Gasteiger partial charge in [0.15, 0.2) is 0 Å². The zero-order chi connectivity index (χ0) is 15.1. The number of nitrogens with zero attached hydrogens (tertiary/aromatic N) is 1. The van der Waals surface area contributed by atoms with E-state index < -0.39 is 0 Å². The number of carbonyl (C=O) groups excluding carboxylic acids is 1. The van der Waals surface area contributed by atoms with Gasteiger partial charge in [-0.25, -0.2) is 5.43 Å². The van der Waals surface area contributed by atoms with Gasteiger partial charge in [-0.15, -0.1) is 11.3 Å². The Hall–Kier alpha value is -2.34. The Balaban J connectivity index is 1.96. The van der Waals surface area contributed by atoms with Crippen molar-refractivity contribution < 1.29 is 14.3 Å². The van der Waals surface area contributed by atoms with E-state index in [2.05, 4.69) is 10.5 Å². The molecule has 2 rings (SSSR count). The van der Waals surface area contributed by atoms with Gasteiger partial charge < -0.3 is 9.47 Å². The van der Waals surface area contributed by atoms with Crippen LogP contribution in [0.1, 0.15) is 10.4 Å². The highest BCUT2D eigenvalue weighted by Gasteiger charge is 2.03. The van der Waals surface area contributed by atoms with E-state index in [0.29, 0.717) is 17.9 Å². The maximum atomic E-state index is 11.7. The van der Waals surface area contributed by atoms with E-state index in [1.807, 2.05) is 17.5 Å². The minimum Gasteiger partial charge on any atom is -0.497 e. The topological polar surface area (TPSA) is 59.9 Å². The summed E-state index contributed by atoms with van der Waals surface area (Å²) >= 11 is 1.55. The van der Waals surface area contributed by atoms with E-state index in [1.165, 1.54) is 0 Å². The molecule has 0 saturated heterocycles. The van der Waals surface area contributed by atoms with Gasteiger partial charge >= 0.3 is 0 Å². The molecule has 1 heterocycles. The van der Waals surface area contributed by atoms with Crippen LogP contribution in [0, 0.1) is 0 Å². The van der Waals surface area contributed by atoms with Crippen molar-refractivity contribution in [2.24, 2.45) is 5.10 Å². The van der Waals surface area contributed by atoms with Gasteiger partial charge in [-0.1, -0.05) is 6.07 Å². The van der Waals surface area contributed by atoms with Crippen molar-refractivity contribution >= 4 is 23.5 Å². The molecule has 1 N–H and O–H groups in total. The standard InChI is InChI=1S/C15H16N2O3S/c1-19-12-6-11(7-13(8-12)20-2)10-16-17-15(18)9-14-4-3-5-21-14/h3-8,10H,9H2,1-2H3,(H,17,18)/b16-10+. The Bertz CT molecular complexity index is 602. The minimum absolute atomic E-state index is 0.149. The number of thiophene rings is 1. The maximum absolute atomic E-state index is 11.7. The first-order valence-electron chi connectivity index (χ1n) is 6.28. The maximum Gasteiger partial charge on any atom is 0.245 e. The summed E-state index contributed by atoms with van der Waals surface area (Å²) in [6, 6.07) is 9.21. The molecule has 110 valence electrons. The second kappa shape index (κ2) is 7.44. The number of hydrazone groups is 1. The number of ether oxygens (including phenoxy) is 2. The largest absolute Gasteiger partial charge is 0.497 e. The fourth-order valence-corrected chi connectivity index (χ4v) is 2.40. The zero-order valence-electron chi connectivity index (χ0n) is 11.8. The van der Waals surface area contributed by atoms with Crippen LogP contribution in [-0.2, 0) is 11.2 Å². The van der Waals surface area contributed by atoms with Gasteiger partial charge in [-0.05, 0) is 23.6 Å². The predicted molar refractivity (Wildman–Crippen MR) is 83.3 cm³/mol. The number of hydrogen-bond acceptors (Lipinski definition) is 5. The molecule has 0 radical (unpaired) electrons. The van der Waals surface area contributed by atoms with Crippen molar-refractivity contribution in [2.45, 2.75) is 6.42 Å². The molecule has 5 nitrogen and oxygen atoms in total. The Kier molecular flexibility index (Phi) is 5.34. The molecule has 0 unspecified atom stereocenters. The minimum atomic E-state index is -0.149. The van der Waals surface area contributed by atoms with Crippen LogP contribution in [0.4, 0.5) is 0 Å². The lowest BCUT2D eigenvalue weighted by Crippen LogP contribution is -2.19. The highest BCUT2D eigenvalue weighted by atomic mass is 32.1. The first kappa shape index (κ1) is 15.1. The quantitative estimate of drug-likeness (QED) is 0.659. The predicted octanol–water partition coefficient (Wildman–Crippen LogP) is 2.46. The van der Waals surface area contributed by atoms with Gasteiger partial charge in [0.05, 0.1) is 26.9 Å². The lowest BCUT2D eigenvalue weighted by atomic mass is 10.2. The van der Waals surface area contributed by atoms with Crippen LogP contribution >= 0.6 is 11.3 Å². The zero-order valence-corrected chi connectivity index (χ0v) is 12.6. The Labute approximate surface area is 127 Å². The van der Waals surface area contributed by atoms with Crippen LogP contribution < -0.4 is 14.9 Å². The Morgan fingerprint density at radius 1 is 1.29 bits per heavy atom. The summed E-state index contributed by atoms with van der Waals surface area (Å²) in [6.45, 7) is 0. The van der Waals surface area contributed by atoms with Crippen molar-refractivity contribution in [3.63, 3.8) is 0 Å². The first-order valence-corrected chi connectivity index (χ1v) is 7.16. The molecule has 0 spiro atoms. The summed E-state index contributed by atoms with van der Waals surface area (Å²) in [6.07, 6.45) is 1.88. The lowest BCUT2D eigenvalue weighted by molar-refractivity contribution is -0.120. The second-order valence-corrected chi connectivity index (χ2v) is 5.23. The average Bonchev–Trinajstić information content (AvgIpc) is 2.99. The van der Waals surface area contributed by atoms with Gasteiger partial charge in [0, 0.05) is 16.5 Å². The lowest BCUT2D eigenvalue weighted by Gasteiger charge is -2.05. The van der Waals surface area contributed by atoms with E-state index in [4.69, 9.17) is 9.47 Å². The molecule has 0 aliphatic rings. The van der Waals surface area contributed by atoms with Crippen molar-refractivity contribution in [1.82, 2.24) is 5.43 Å². The normalized spacial score (nSPS) is 10.6. The number of hydrogen-bond donors (Lipinski definition) is 1. The summed E-state index contributed by atoms with van der Waals surface area (Å²) in [5.41, 5.74) is 3.28. The number of amides is 1. The summed E-state index contributed by atoms with van der Waals surface area (Å²) in [4.78, 5) is 12.7. The van der Waals surface area contributed by atoms with Gasteiger partial charge in [0.25, 0.3) is 0 Å². The molecular weight excluding hydrogens is 288 g/mol. The van der Waals surface area contributed by atoms with Crippen LogP contribution in [-0.4, -0.2) is 26.3 Å². The van der Waals surface area contributed by atoms with Crippen LogP contribution in [0.5, 0.6) is 11.5 Å². The molecule has 1 aromatic heterocycles. The molecule has 0 atom stereocenters. The summed E-state index contributed by atoms with van der Waals surface area (Å²) in [7, 11) is 3.16. The Morgan fingerprint density at radius 2 is 2.00 bits per heavy atom. The smallest absolute Gasteiger partial charge is 0.245 e. The van der Waals surface area contributed by atoms with Gasteiger partial charge in [0.1, 0.15) is 11.5 Å². The molecule has 0 bridgehead atoms. The van der Waals surface area contributed by atoms with Crippen LogP contribution in [0.2, 0.25) is 0 Å². The van der Waals surface area contributed by atoms with E-state index in [0.717, 1.165) is 10.4 Å². The van der Waals surface area contributed by atoms with E-state index in [1.54, 1.807) is 50.0 Å². The highest BCUT2D eigenvalue weighted by molar-refractivity contribution is 7.10. The van der Waals surface area contributed by atoms with Gasteiger partial charge in [0.2, 0.25) is 5.91 Å². The van der Waals surface area contributed by atoms with Crippen LogP contribution in [0.15, 0.2) is 40.8 Å².